The number of hydrogen-bond acceptors (Lipinski definition) is 7. The van der Waals surface area contributed by atoms with E-state index in [1.807, 2.05) is 6.92 Å². The first-order valence-corrected chi connectivity index (χ1v) is 14.4. The molecule has 0 aromatic rings. The smallest absolute Gasteiger partial charge is 0.408 e. The van der Waals surface area contributed by atoms with Crippen LogP contribution in [0.4, 0.5) is 4.79 Å². The van der Waals surface area contributed by atoms with E-state index in [4.69, 9.17) is 18.6 Å². The highest BCUT2D eigenvalue weighted by Crippen LogP contribution is 2.39. The first kappa shape index (κ1) is 28.4. The standard InChI is InChI=1S/C23H43NO7Si/c1-11-12-13-16-17(31-32(9,10)23(6,7)8)14-28-20(26)18(15(2)29-19(16)25)24-21(27)30-22(3,4)5/h15-18H,11-14H2,1-10H3,(H,24,27)/t15-,16+,17-,18-/m0/s1. The fraction of sp³-hybridized carbons (Fsp3) is 0.870. The maximum absolute atomic E-state index is 13.2. The summed E-state index contributed by atoms with van der Waals surface area (Å²) in [5, 5.41) is 2.41. The number of alkyl carbamates (subject to hydrolysis) is 1. The summed E-state index contributed by atoms with van der Waals surface area (Å²) < 4.78 is 23.0. The van der Waals surface area contributed by atoms with Crippen molar-refractivity contribution in [1.29, 1.82) is 0 Å². The van der Waals surface area contributed by atoms with Crippen LogP contribution < -0.4 is 5.32 Å². The van der Waals surface area contributed by atoms with Crippen molar-refractivity contribution in [2.45, 2.75) is 117 Å². The Hall–Kier alpha value is -1.61. The number of carbonyl (C=O) groups excluding carboxylic acids is 3. The molecule has 1 saturated heterocycles. The second kappa shape index (κ2) is 11.0. The molecular formula is C23H43NO7Si. The molecule has 0 bridgehead atoms. The van der Waals surface area contributed by atoms with E-state index in [1.54, 1.807) is 27.7 Å². The van der Waals surface area contributed by atoms with Crippen LogP contribution in [0, 0.1) is 5.92 Å². The molecule has 1 amide bonds. The molecule has 1 heterocycles. The monoisotopic (exact) mass is 473 g/mol. The van der Waals surface area contributed by atoms with Gasteiger partial charge in [0, 0.05) is 0 Å². The Balaban J connectivity index is 3.17. The van der Waals surface area contributed by atoms with E-state index in [0.717, 1.165) is 12.8 Å². The minimum Gasteiger partial charge on any atom is -0.461 e. The van der Waals surface area contributed by atoms with E-state index < -0.39 is 56.1 Å². The summed E-state index contributed by atoms with van der Waals surface area (Å²) in [6, 6.07) is -1.17. The molecule has 1 N–H and O–H groups in total. The summed E-state index contributed by atoms with van der Waals surface area (Å²) in [7, 11) is -2.26. The zero-order valence-electron chi connectivity index (χ0n) is 21.5. The summed E-state index contributed by atoms with van der Waals surface area (Å²) >= 11 is 0. The van der Waals surface area contributed by atoms with Crippen molar-refractivity contribution >= 4 is 26.3 Å². The van der Waals surface area contributed by atoms with Gasteiger partial charge in [-0.1, -0.05) is 40.5 Å². The fourth-order valence-corrected chi connectivity index (χ4v) is 4.40. The molecular weight excluding hydrogens is 430 g/mol. The molecule has 186 valence electrons. The van der Waals surface area contributed by atoms with Crippen LogP contribution in [0.25, 0.3) is 0 Å². The van der Waals surface area contributed by atoms with E-state index in [9.17, 15) is 14.4 Å². The van der Waals surface area contributed by atoms with E-state index in [1.165, 1.54) is 0 Å². The molecule has 0 radical (unpaired) electrons. The Kier molecular flexibility index (Phi) is 9.77. The molecule has 0 aromatic carbocycles. The second-order valence-corrected chi connectivity index (χ2v) is 15.8. The summed E-state index contributed by atoms with van der Waals surface area (Å²) in [5.74, 6) is -1.68. The highest BCUT2D eigenvalue weighted by atomic mass is 28.4. The molecule has 1 aliphatic heterocycles. The highest BCUT2D eigenvalue weighted by molar-refractivity contribution is 6.74. The summed E-state index contributed by atoms with van der Waals surface area (Å²) in [6.07, 6.45) is -0.000493. The summed E-state index contributed by atoms with van der Waals surface area (Å²) in [6.45, 7) is 19.2. The molecule has 0 saturated carbocycles. The van der Waals surface area contributed by atoms with Crippen LogP contribution in [0.15, 0.2) is 0 Å². The van der Waals surface area contributed by atoms with Crippen molar-refractivity contribution in [2.24, 2.45) is 5.92 Å². The first-order valence-electron chi connectivity index (χ1n) is 11.5. The molecule has 1 aliphatic rings. The first-order chi connectivity index (χ1) is 14.5. The van der Waals surface area contributed by atoms with E-state index >= 15 is 0 Å². The number of carbonyl (C=O) groups is 3. The molecule has 4 atom stereocenters. The van der Waals surface area contributed by atoms with Crippen molar-refractivity contribution in [3.8, 4) is 0 Å². The van der Waals surface area contributed by atoms with Gasteiger partial charge in [-0.15, -0.1) is 0 Å². The number of esters is 2. The van der Waals surface area contributed by atoms with Gasteiger partial charge in [0.05, 0.1) is 12.0 Å². The normalized spacial score (nSPS) is 25.7. The lowest BCUT2D eigenvalue weighted by Gasteiger charge is -2.40. The zero-order chi connectivity index (χ0) is 24.9. The Morgan fingerprint density at radius 3 is 2.22 bits per heavy atom. The molecule has 32 heavy (non-hydrogen) atoms. The second-order valence-electron chi connectivity index (χ2n) is 11.1. The van der Waals surface area contributed by atoms with Crippen LogP contribution in [0.1, 0.15) is 74.7 Å². The van der Waals surface area contributed by atoms with Crippen molar-refractivity contribution in [2.75, 3.05) is 6.61 Å². The van der Waals surface area contributed by atoms with Gasteiger partial charge >= 0.3 is 18.0 Å². The lowest BCUT2D eigenvalue weighted by molar-refractivity contribution is -0.158. The van der Waals surface area contributed by atoms with E-state index in [0.29, 0.717) is 6.42 Å². The number of amides is 1. The number of hydrogen-bond donors (Lipinski definition) is 1. The van der Waals surface area contributed by atoms with Gasteiger partial charge in [0.15, 0.2) is 14.4 Å². The number of rotatable bonds is 6. The molecule has 9 heteroatoms. The SMILES string of the molecule is CCCC[C@H]1C(=O)O[C@@H](C)[C@H](NC(=O)OC(C)(C)C)C(=O)OC[C@@H]1O[Si](C)(C)C(C)(C)C. The molecule has 1 rings (SSSR count). The summed E-state index contributed by atoms with van der Waals surface area (Å²) in [5.41, 5.74) is -0.736. The van der Waals surface area contributed by atoms with Crippen molar-refractivity contribution in [3.05, 3.63) is 0 Å². The number of unbranched alkanes of at least 4 members (excludes halogenated alkanes) is 1. The predicted molar refractivity (Wildman–Crippen MR) is 125 cm³/mol. The van der Waals surface area contributed by atoms with Gasteiger partial charge in [-0.25, -0.2) is 9.59 Å². The molecule has 0 aromatic heterocycles. The highest BCUT2D eigenvalue weighted by Gasteiger charge is 2.45. The topological polar surface area (TPSA) is 100 Å². The molecule has 0 spiro atoms. The maximum atomic E-state index is 13.2. The Labute approximate surface area is 194 Å². The zero-order valence-corrected chi connectivity index (χ0v) is 22.5. The fourth-order valence-electron chi connectivity index (χ4n) is 3.06. The quantitative estimate of drug-likeness (QED) is 0.343. The minimum atomic E-state index is -2.26. The van der Waals surface area contributed by atoms with Gasteiger partial charge in [0.2, 0.25) is 0 Å². The summed E-state index contributed by atoms with van der Waals surface area (Å²) in [4.78, 5) is 38.2. The average molecular weight is 474 g/mol. The van der Waals surface area contributed by atoms with Gasteiger partial charge in [0.1, 0.15) is 18.3 Å². The third kappa shape index (κ3) is 8.39. The van der Waals surface area contributed by atoms with Crippen LogP contribution in [0.3, 0.4) is 0 Å². The van der Waals surface area contributed by atoms with Crippen molar-refractivity contribution in [1.82, 2.24) is 5.32 Å². The maximum Gasteiger partial charge on any atom is 0.408 e. The molecule has 0 aliphatic carbocycles. The average Bonchev–Trinajstić information content (AvgIpc) is 2.63. The van der Waals surface area contributed by atoms with Gasteiger partial charge in [-0.05, 0) is 52.2 Å². The van der Waals surface area contributed by atoms with Crippen LogP contribution >= 0.6 is 0 Å². The van der Waals surface area contributed by atoms with Gasteiger partial charge < -0.3 is 24.0 Å². The third-order valence-corrected chi connectivity index (χ3v) is 10.5. The van der Waals surface area contributed by atoms with Crippen LogP contribution in [-0.2, 0) is 28.2 Å². The lowest BCUT2D eigenvalue weighted by atomic mass is 9.96. The van der Waals surface area contributed by atoms with Crippen molar-refractivity contribution < 1.29 is 33.0 Å². The lowest BCUT2D eigenvalue weighted by Crippen LogP contribution is -2.51. The molecule has 1 fully saturated rings. The number of cyclic esters (lactones) is 2. The largest absolute Gasteiger partial charge is 0.461 e. The van der Waals surface area contributed by atoms with Crippen molar-refractivity contribution in [3.63, 3.8) is 0 Å². The number of ether oxygens (including phenoxy) is 3. The Morgan fingerprint density at radius 2 is 1.72 bits per heavy atom. The van der Waals surface area contributed by atoms with Crippen LogP contribution in [0.5, 0.6) is 0 Å². The number of nitrogens with one attached hydrogen (secondary N) is 1. The molecule has 0 unspecified atom stereocenters. The van der Waals surface area contributed by atoms with Gasteiger partial charge in [-0.2, -0.15) is 0 Å². The van der Waals surface area contributed by atoms with Crippen LogP contribution in [-0.4, -0.2) is 56.8 Å². The molecule has 8 nitrogen and oxygen atoms in total. The Bertz CT molecular complexity index is 666. The van der Waals surface area contributed by atoms with Gasteiger partial charge in [0.25, 0.3) is 0 Å². The van der Waals surface area contributed by atoms with Crippen LogP contribution in [0.2, 0.25) is 18.1 Å². The minimum absolute atomic E-state index is 0.0754. The van der Waals surface area contributed by atoms with E-state index in [2.05, 4.69) is 39.2 Å². The van der Waals surface area contributed by atoms with Gasteiger partial charge in [-0.3, -0.25) is 4.79 Å². The van der Waals surface area contributed by atoms with E-state index in [-0.39, 0.29) is 11.6 Å². The Morgan fingerprint density at radius 1 is 1.12 bits per heavy atom. The predicted octanol–water partition coefficient (Wildman–Crippen LogP) is 4.57. The third-order valence-electron chi connectivity index (χ3n) is 5.96.